The number of nitrogens with one attached hydrogen (secondary N) is 1. The van der Waals surface area contributed by atoms with E-state index in [4.69, 9.17) is 9.47 Å². The summed E-state index contributed by atoms with van der Waals surface area (Å²) in [4.78, 5) is 4.15. The van der Waals surface area contributed by atoms with Crippen molar-refractivity contribution < 1.29 is 37.2 Å². The SMILES string of the molecule is CNC1=N[C@@H]2[C@@H](O)[C@H](O)C([C@@H](OCc3ccc(CCF)cc3)C(F)(F)F)O[C@@H]2C1. The lowest BCUT2D eigenvalue weighted by molar-refractivity contribution is -0.293. The average molecular weight is 420 g/mol. The molecule has 0 saturated carbocycles. The maximum Gasteiger partial charge on any atom is 0.417 e. The summed E-state index contributed by atoms with van der Waals surface area (Å²) in [5, 5.41) is 23.4. The molecule has 0 aromatic heterocycles. The molecular formula is C19H24F4N2O4. The number of aliphatic hydroxyl groups excluding tert-OH is 2. The number of aryl methyl sites for hydroxylation is 1. The molecule has 0 spiro atoms. The lowest BCUT2D eigenvalue weighted by Gasteiger charge is -2.42. The normalized spacial score (nSPS) is 30.6. The van der Waals surface area contributed by atoms with Crippen molar-refractivity contribution in [2.24, 2.45) is 4.99 Å². The Morgan fingerprint density at radius 2 is 1.86 bits per heavy atom. The monoisotopic (exact) mass is 420 g/mol. The van der Waals surface area contributed by atoms with Crippen LogP contribution < -0.4 is 5.32 Å². The fourth-order valence-electron chi connectivity index (χ4n) is 3.62. The number of hydrogen-bond acceptors (Lipinski definition) is 6. The van der Waals surface area contributed by atoms with E-state index in [0.29, 0.717) is 11.4 Å². The number of alkyl halides is 4. The van der Waals surface area contributed by atoms with Crippen molar-refractivity contribution in [2.75, 3.05) is 13.7 Å². The van der Waals surface area contributed by atoms with Gasteiger partial charge in [-0.25, -0.2) is 0 Å². The minimum absolute atomic E-state index is 0.210. The summed E-state index contributed by atoms with van der Waals surface area (Å²) >= 11 is 0. The second-order valence-electron chi connectivity index (χ2n) is 7.17. The highest BCUT2D eigenvalue weighted by molar-refractivity contribution is 5.84. The summed E-state index contributed by atoms with van der Waals surface area (Å²) in [6, 6.07) is 5.53. The van der Waals surface area contributed by atoms with Crippen LogP contribution in [0.3, 0.4) is 0 Å². The summed E-state index contributed by atoms with van der Waals surface area (Å²) in [5.74, 6) is 0.491. The molecule has 2 heterocycles. The van der Waals surface area contributed by atoms with Gasteiger partial charge in [0.1, 0.15) is 24.4 Å². The molecule has 0 bridgehead atoms. The van der Waals surface area contributed by atoms with Crippen LogP contribution in [0.25, 0.3) is 0 Å². The maximum absolute atomic E-state index is 13.7. The van der Waals surface area contributed by atoms with Crippen LogP contribution in [-0.4, -0.2) is 72.5 Å². The molecule has 162 valence electrons. The van der Waals surface area contributed by atoms with Crippen LogP contribution in [0.15, 0.2) is 29.3 Å². The fourth-order valence-corrected chi connectivity index (χ4v) is 3.62. The van der Waals surface area contributed by atoms with E-state index in [1.165, 1.54) is 0 Å². The van der Waals surface area contributed by atoms with Gasteiger partial charge in [0, 0.05) is 19.9 Å². The Hall–Kier alpha value is -1.75. The number of amidine groups is 1. The average Bonchev–Trinajstić information content (AvgIpc) is 3.09. The molecule has 3 rings (SSSR count). The Kier molecular flexibility index (Phi) is 6.77. The third-order valence-electron chi connectivity index (χ3n) is 5.19. The molecule has 2 aliphatic heterocycles. The standard InChI is InChI=1S/C19H24F4N2O4/c1-24-13-8-12-14(25-13)15(26)16(27)17(29-12)18(19(21,22)23)28-9-11-4-2-10(3-5-11)6-7-20/h2-5,12,14-18,26-27H,6-9H2,1H3,(H,24,25)/t12-,14+,15-,16+,17?,18-/m1/s1. The minimum atomic E-state index is -4.82. The molecule has 0 radical (unpaired) electrons. The molecular weight excluding hydrogens is 396 g/mol. The van der Waals surface area contributed by atoms with Gasteiger partial charge >= 0.3 is 6.18 Å². The first kappa shape index (κ1) is 21.9. The van der Waals surface area contributed by atoms with Crippen molar-refractivity contribution in [1.82, 2.24) is 5.32 Å². The van der Waals surface area contributed by atoms with Crippen molar-refractivity contribution in [2.45, 2.75) is 62.2 Å². The molecule has 1 aromatic rings. The smallest absolute Gasteiger partial charge is 0.388 e. The van der Waals surface area contributed by atoms with Crippen LogP contribution in [-0.2, 0) is 22.5 Å². The molecule has 3 N–H and O–H groups in total. The molecule has 0 amide bonds. The summed E-state index contributed by atoms with van der Waals surface area (Å²) in [7, 11) is 1.61. The van der Waals surface area contributed by atoms with Gasteiger partial charge in [-0.2, -0.15) is 13.2 Å². The van der Waals surface area contributed by atoms with Crippen molar-refractivity contribution in [1.29, 1.82) is 0 Å². The maximum atomic E-state index is 13.7. The molecule has 1 saturated heterocycles. The van der Waals surface area contributed by atoms with Crippen molar-refractivity contribution >= 4 is 5.84 Å². The van der Waals surface area contributed by atoms with Crippen LogP contribution in [0.2, 0.25) is 0 Å². The zero-order chi connectivity index (χ0) is 21.2. The van der Waals surface area contributed by atoms with Gasteiger partial charge in [-0.15, -0.1) is 0 Å². The topological polar surface area (TPSA) is 83.3 Å². The molecule has 1 unspecified atom stereocenters. The first-order chi connectivity index (χ1) is 13.7. The molecule has 1 fully saturated rings. The van der Waals surface area contributed by atoms with Gasteiger partial charge in [0.05, 0.1) is 25.2 Å². The number of hydrogen-bond donors (Lipinski definition) is 3. The highest BCUT2D eigenvalue weighted by Gasteiger charge is 2.56. The number of halogens is 4. The summed E-state index contributed by atoms with van der Waals surface area (Å²) in [6.45, 7) is -0.901. The van der Waals surface area contributed by atoms with E-state index in [9.17, 15) is 27.8 Å². The van der Waals surface area contributed by atoms with Crippen molar-refractivity contribution in [3.63, 3.8) is 0 Å². The predicted molar refractivity (Wildman–Crippen MR) is 96.3 cm³/mol. The number of rotatable bonds is 6. The molecule has 0 aliphatic carbocycles. The third-order valence-corrected chi connectivity index (χ3v) is 5.19. The van der Waals surface area contributed by atoms with E-state index in [0.717, 1.165) is 5.56 Å². The molecule has 6 nitrogen and oxygen atoms in total. The summed E-state index contributed by atoms with van der Waals surface area (Å²) < 4.78 is 64.0. The Bertz CT molecular complexity index is 713. The number of aliphatic hydroxyl groups is 2. The molecule has 1 aromatic carbocycles. The van der Waals surface area contributed by atoms with Gasteiger partial charge in [-0.3, -0.25) is 9.38 Å². The van der Waals surface area contributed by atoms with Crippen LogP contribution in [0, 0.1) is 0 Å². The van der Waals surface area contributed by atoms with Crippen LogP contribution in [0.1, 0.15) is 17.5 Å². The van der Waals surface area contributed by atoms with Gasteiger partial charge in [-0.1, -0.05) is 24.3 Å². The molecule has 29 heavy (non-hydrogen) atoms. The summed E-state index contributed by atoms with van der Waals surface area (Å²) in [6.07, 6.45) is -12.7. The first-order valence-electron chi connectivity index (χ1n) is 9.32. The van der Waals surface area contributed by atoms with Crippen molar-refractivity contribution in [3.05, 3.63) is 35.4 Å². The fraction of sp³-hybridized carbons (Fsp3) is 0.632. The van der Waals surface area contributed by atoms with E-state index in [2.05, 4.69) is 10.3 Å². The van der Waals surface area contributed by atoms with Crippen LogP contribution in [0.4, 0.5) is 17.6 Å². The second kappa shape index (κ2) is 8.95. The Labute approximate surface area is 165 Å². The lowest BCUT2D eigenvalue weighted by atomic mass is 9.90. The quantitative estimate of drug-likeness (QED) is 0.608. The highest BCUT2D eigenvalue weighted by Crippen LogP contribution is 2.37. The Morgan fingerprint density at radius 3 is 2.45 bits per heavy atom. The van der Waals surface area contributed by atoms with E-state index in [1.54, 1.807) is 31.3 Å². The largest absolute Gasteiger partial charge is 0.417 e. The predicted octanol–water partition coefficient (Wildman–Crippen LogP) is 1.53. The van der Waals surface area contributed by atoms with Crippen molar-refractivity contribution in [3.8, 4) is 0 Å². The van der Waals surface area contributed by atoms with Crippen LogP contribution >= 0.6 is 0 Å². The van der Waals surface area contributed by atoms with E-state index >= 15 is 0 Å². The van der Waals surface area contributed by atoms with Gasteiger partial charge in [-0.05, 0) is 11.1 Å². The molecule has 6 atom stereocenters. The Balaban J connectivity index is 1.72. The van der Waals surface area contributed by atoms with Gasteiger partial charge in [0.25, 0.3) is 0 Å². The zero-order valence-corrected chi connectivity index (χ0v) is 15.8. The second-order valence-corrected chi connectivity index (χ2v) is 7.17. The number of aliphatic imine (C=N–C) groups is 1. The van der Waals surface area contributed by atoms with Gasteiger partial charge < -0.3 is 25.0 Å². The number of fused-ring (bicyclic) bond motifs is 1. The third kappa shape index (κ3) is 4.88. The van der Waals surface area contributed by atoms with E-state index in [1.807, 2.05) is 0 Å². The van der Waals surface area contributed by atoms with Gasteiger partial charge in [0.15, 0.2) is 6.10 Å². The highest BCUT2D eigenvalue weighted by atomic mass is 19.4. The van der Waals surface area contributed by atoms with Gasteiger partial charge in [0.2, 0.25) is 0 Å². The minimum Gasteiger partial charge on any atom is -0.388 e. The molecule has 10 heteroatoms. The van der Waals surface area contributed by atoms with E-state index in [-0.39, 0.29) is 19.4 Å². The number of ether oxygens (including phenoxy) is 2. The lowest BCUT2D eigenvalue weighted by Crippen LogP contribution is -2.62. The zero-order valence-electron chi connectivity index (χ0n) is 15.8. The first-order valence-corrected chi connectivity index (χ1v) is 9.32. The van der Waals surface area contributed by atoms with E-state index < -0.39 is 49.4 Å². The summed E-state index contributed by atoms with van der Waals surface area (Å²) in [5.41, 5.74) is 1.19. The van der Waals surface area contributed by atoms with Crippen LogP contribution in [0.5, 0.6) is 0 Å². The Morgan fingerprint density at radius 1 is 1.21 bits per heavy atom. The number of benzene rings is 1. The number of nitrogens with zero attached hydrogens (tertiary/aromatic N) is 1. The molecule has 2 aliphatic rings.